The first-order valence-corrected chi connectivity index (χ1v) is 7.10. The molecule has 7 nitrogen and oxygen atoms in total. The number of hydrogen-bond acceptors (Lipinski definition) is 6. The van der Waals surface area contributed by atoms with E-state index >= 15 is 0 Å². The van der Waals surface area contributed by atoms with Gasteiger partial charge < -0.3 is 14.7 Å². The van der Waals surface area contributed by atoms with Crippen LogP contribution in [0.2, 0.25) is 0 Å². The van der Waals surface area contributed by atoms with Crippen molar-refractivity contribution in [1.82, 2.24) is 4.98 Å². The maximum absolute atomic E-state index is 12.0. The van der Waals surface area contributed by atoms with Gasteiger partial charge in [0.1, 0.15) is 18.0 Å². The van der Waals surface area contributed by atoms with Gasteiger partial charge in [0.2, 0.25) is 0 Å². The highest BCUT2D eigenvalue weighted by molar-refractivity contribution is 5.92. The van der Waals surface area contributed by atoms with E-state index in [1.807, 2.05) is 6.07 Å². The molecule has 0 radical (unpaired) electrons. The average molecular weight is 301 g/mol. The molecule has 1 aliphatic heterocycles. The quantitative estimate of drug-likeness (QED) is 0.830. The molecule has 114 valence electrons. The number of pyridine rings is 1. The van der Waals surface area contributed by atoms with E-state index in [2.05, 4.69) is 4.98 Å². The number of rotatable bonds is 4. The lowest BCUT2D eigenvalue weighted by molar-refractivity contribution is -0.142. The van der Waals surface area contributed by atoms with Crippen LogP contribution in [0.5, 0.6) is 0 Å². The Labute approximate surface area is 127 Å². The number of carbonyl (C=O) groups is 2. The highest BCUT2D eigenvalue weighted by atomic mass is 16.5. The number of aliphatic carboxylic acids is 1. The van der Waals surface area contributed by atoms with Crippen molar-refractivity contribution in [1.29, 1.82) is 5.26 Å². The predicted octanol–water partition coefficient (Wildman–Crippen LogP) is 1.10. The number of carboxylic acids is 1. The predicted molar refractivity (Wildman–Crippen MR) is 75.5 cm³/mol. The molecule has 0 aromatic carbocycles. The molecule has 2 fully saturated rings. The molecule has 1 aliphatic carbocycles. The molecule has 2 heterocycles. The van der Waals surface area contributed by atoms with Crippen molar-refractivity contribution < 1.29 is 19.4 Å². The summed E-state index contributed by atoms with van der Waals surface area (Å²) in [6, 6.07) is 3.50. The van der Waals surface area contributed by atoms with Crippen LogP contribution in [0.3, 0.4) is 0 Å². The number of ether oxygens (including phenoxy) is 1. The van der Waals surface area contributed by atoms with Gasteiger partial charge in [0, 0.05) is 13.1 Å². The van der Waals surface area contributed by atoms with Crippen LogP contribution < -0.4 is 4.90 Å². The summed E-state index contributed by atoms with van der Waals surface area (Å²) in [5.74, 6) is -1.31. The Morgan fingerprint density at radius 3 is 2.68 bits per heavy atom. The molecule has 1 aromatic rings. The topological polar surface area (TPSA) is 104 Å². The minimum atomic E-state index is -0.851. The molecular formula is C15H15N3O4. The molecule has 0 bridgehead atoms. The second-order valence-corrected chi connectivity index (χ2v) is 5.65. The second-order valence-electron chi connectivity index (χ2n) is 5.65. The Morgan fingerprint density at radius 2 is 2.14 bits per heavy atom. The summed E-state index contributed by atoms with van der Waals surface area (Å²) in [4.78, 5) is 28.9. The second kappa shape index (κ2) is 5.30. The van der Waals surface area contributed by atoms with Gasteiger partial charge in [-0.2, -0.15) is 5.26 Å². The lowest BCUT2D eigenvalue weighted by Crippen LogP contribution is -2.51. The van der Waals surface area contributed by atoms with E-state index in [0.717, 1.165) is 12.8 Å². The fourth-order valence-corrected chi connectivity index (χ4v) is 2.33. The van der Waals surface area contributed by atoms with Crippen LogP contribution in [0.25, 0.3) is 0 Å². The molecule has 1 N–H and O–H groups in total. The number of esters is 1. The van der Waals surface area contributed by atoms with Gasteiger partial charge in [-0.3, -0.25) is 4.79 Å². The van der Waals surface area contributed by atoms with E-state index in [4.69, 9.17) is 9.84 Å². The standard InChI is InChI=1S/C15H15N3O4/c1-8-12(15(21)22-11-2-3-11)4-9(5-16)13(17-8)18-6-10(7-18)14(19)20/h4,10-11H,2-3,6-7H2,1H3,(H,19,20). The zero-order chi connectivity index (χ0) is 15.9. The zero-order valence-corrected chi connectivity index (χ0v) is 12.1. The first-order chi connectivity index (χ1) is 10.5. The molecule has 1 aromatic heterocycles. The van der Waals surface area contributed by atoms with Crippen LogP contribution in [0, 0.1) is 24.2 Å². The third-order valence-electron chi connectivity index (χ3n) is 3.86. The van der Waals surface area contributed by atoms with Gasteiger partial charge in [0.05, 0.1) is 22.7 Å². The number of nitrogens with zero attached hydrogens (tertiary/aromatic N) is 3. The van der Waals surface area contributed by atoms with Gasteiger partial charge in [-0.15, -0.1) is 0 Å². The monoisotopic (exact) mass is 301 g/mol. The number of carboxylic acid groups (broad SMARTS) is 1. The van der Waals surface area contributed by atoms with Crippen LogP contribution in [-0.4, -0.2) is 41.2 Å². The van der Waals surface area contributed by atoms with Gasteiger partial charge in [-0.1, -0.05) is 0 Å². The molecule has 0 amide bonds. The van der Waals surface area contributed by atoms with Crippen LogP contribution in [0.4, 0.5) is 5.82 Å². The third-order valence-corrected chi connectivity index (χ3v) is 3.86. The van der Waals surface area contributed by atoms with Gasteiger partial charge in [-0.25, -0.2) is 9.78 Å². The van der Waals surface area contributed by atoms with E-state index in [1.165, 1.54) is 6.07 Å². The zero-order valence-electron chi connectivity index (χ0n) is 12.1. The fraction of sp³-hybridized carbons (Fsp3) is 0.467. The number of anilines is 1. The molecule has 0 spiro atoms. The number of aromatic nitrogens is 1. The molecule has 1 saturated carbocycles. The summed E-state index contributed by atoms with van der Waals surface area (Å²) in [7, 11) is 0. The van der Waals surface area contributed by atoms with Crippen molar-refractivity contribution in [3.63, 3.8) is 0 Å². The molecule has 7 heteroatoms. The van der Waals surface area contributed by atoms with Gasteiger partial charge in [0.15, 0.2) is 0 Å². The van der Waals surface area contributed by atoms with Crippen LogP contribution in [0.15, 0.2) is 6.07 Å². The van der Waals surface area contributed by atoms with E-state index in [-0.39, 0.29) is 11.7 Å². The summed E-state index contributed by atoms with van der Waals surface area (Å²) in [5.41, 5.74) is 1.04. The van der Waals surface area contributed by atoms with Crippen molar-refractivity contribution in [2.24, 2.45) is 5.92 Å². The Bertz CT molecular complexity index is 685. The van der Waals surface area contributed by atoms with Crippen molar-refractivity contribution in [3.8, 4) is 6.07 Å². The molecule has 22 heavy (non-hydrogen) atoms. The van der Waals surface area contributed by atoms with E-state index in [9.17, 15) is 14.9 Å². The van der Waals surface area contributed by atoms with Gasteiger partial charge in [-0.05, 0) is 25.8 Å². The van der Waals surface area contributed by atoms with E-state index in [0.29, 0.717) is 30.2 Å². The van der Waals surface area contributed by atoms with Crippen LogP contribution in [-0.2, 0) is 9.53 Å². The van der Waals surface area contributed by atoms with Crippen LogP contribution >= 0.6 is 0 Å². The van der Waals surface area contributed by atoms with Crippen molar-refractivity contribution in [3.05, 3.63) is 22.9 Å². The largest absolute Gasteiger partial charge is 0.481 e. The van der Waals surface area contributed by atoms with Crippen LogP contribution in [0.1, 0.15) is 34.5 Å². The molecule has 0 unspecified atom stereocenters. The van der Waals surface area contributed by atoms with Crippen molar-refractivity contribution in [2.45, 2.75) is 25.9 Å². The van der Waals surface area contributed by atoms with Crippen molar-refractivity contribution >= 4 is 17.8 Å². The normalized spacial score (nSPS) is 17.5. The SMILES string of the molecule is Cc1nc(N2CC(C(=O)O)C2)c(C#N)cc1C(=O)OC1CC1. The van der Waals surface area contributed by atoms with Gasteiger partial charge in [0.25, 0.3) is 0 Å². The Hall–Kier alpha value is -2.62. The highest BCUT2D eigenvalue weighted by Gasteiger charge is 2.35. The maximum Gasteiger partial charge on any atom is 0.340 e. The molecular weight excluding hydrogens is 286 g/mol. The number of nitriles is 1. The highest BCUT2D eigenvalue weighted by Crippen LogP contribution is 2.29. The van der Waals surface area contributed by atoms with Crippen molar-refractivity contribution in [2.75, 3.05) is 18.0 Å². The van der Waals surface area contributed by atoms with E-state index in [1.54, 1.807) is 11.8 Å². The minimum Gasteiger partial charge on any atom is -0.481 e. The summed E-state index contributed by atoms with van der Waals surface area (Å²) in [6.45, 7) is 2.33. The summed E-state index contributed by atoms with van der Waals surface area (Å²) in [5, 5.41) is 18.2. The summed E-state index contributed by atoms with van der Waals surface area (Å²) < 4.78 is 5.24. The Morgan fingerprint density at radius 1 is 1.45 bits per heavy atom. The lowest BCUT2D eigenvalue weighted by atomic mass is 9.99. The third kappa shape index (κ3) is 2.60. The minimum absolute atomic E-state index is 0.0104. The Balaban J connectivity index is 1.83. The maximum atomic E-state index is 12.0. The number of carbonyl (C=O) groups excluding carboxylic acids is 1. The van der Waals surface area contributed by atoms with E-state index < -0.39 is 17.9 Å². The summed E-state index contributed by atoms with van der Waals surface area (Å²) >= 11 is 0. The first-order valence-electron chi connectivity index (χ1n) is 7.10. The number of hydrogen-bond donors (Lipinski definition) is 1. The average Bonchev–Trinajstić information content (AvgIpc) is 3.20. The Kier molecular flexibility index (Phi) is 3.45. The smallest absolute Gasteiger partial charge is 0.340 e. The molecule has 0 atom stereocenters. The molecule has 3 rings (SSSR count). The fourth-order valence-electron chi connectivity index (χ4n) is 2.33. The molecule has 1 saturated heterocycles. The summed E-state index contributed by atoms with van der Waals surface area (Å²) in [6.07, 6.45) is 1.75. The van der Waals surface area contributed by atoms with Gasteiger partial charge >= 0.3 is 11.9 Å². The number of aryl methyl sites for hydroxylation is 1. The molecule has 2 aliphatic rings. The lowest BCUT2D eigenvalue weighted by Gasteiger charge is -2.38. The first kappa shape index (κ1) is 14.3.